The van der Waals surface area contributed by atoms with Crippen molar-refractivity contribution < 1.29 is 14.0 Å². The Morgan fingerprint density at radius 2 is 2.00 bits per heavy atom. The number of amides is 2. The Morgan fingerprint density at radius 3 is 2.65 bits per heavy atom. The van der Waals surface area contributed by atoms with Crippen molar-refractivity contribution in [2.24, 2.45) is 0 Å². The van der Waals surface area contributed by atoms with E-state index in [1.54, 1.807) is 4.90 Å². The number of halogens is 1. The summed E-state index contributed by atoms with van der Waals surface area (Å²) in [5.41, 5.74) is 0.426. The molecule has 2 rings (SSSR count). The van der Waals surface area contributed by atoms with Gasteiger partial charge in [-0.3, -0.25) is 9.59 Å². The maximum atomic E-state index is 12.8. The van der Waals surface area contributed by atoms with Crippen LogP contribution in [-0.4, -0.2) is 29.3 Å². The molecule has 0 radical (unpaired) electrons. The van der Waals surface area contributed by atoms with Crippen molar-refractivity contribution in [1.29, 1.82) is 0 Å². The molecule has 4 nitrogen and oxygen atoms in total. The van der Waals surface area contributed by atoms with E-state index in [1.165, 1.54) is 24.3 Å². The van der Waals surface area contributed by atoms with Crippen LogP contribution in [0.4, 0.5) is 10.1 Å². The Kier molecular flexibility index (Phi) is 4.71. The van der Waals surface area contributed by atoms with Crippen LogP contribution in [-0.2, 0) is 9.59 Å². The minimum atomic E-state index is -0.656. The Labute approximate surface area is 118 Å². The summed E-state index contributed by atoms with van der Waals surface area (Å²) in [5, 5.41) is 2.51. The summed E-state index contributed by atoms with van der Waals surface area (Å²) in [6.07, 6.45) is 3.84. The first-order valence-corrected chi connectivity index (χ1v) is 6.99. The smallest absolute Gasteiger partial charge is 0.313 e. The normalized spacial score (nSPS) is 18.7. The number of piperidine rings is 1. The third-order valence-electron chi connectivity index (χ3n) is 3.66. The molecule has 0 bridgehead atoms. The van der Waals surface area contributed by atoms with E-state index in [9.17, 15) is 14.0 Å². The van der Waals surface area contributed by atoms with Gasteiger partial charge in [-0.15, -0.1) is 0 Å². The first-order chi connectivity index (χ1) is 9.61. The quantitative estimate of drug-likeness (QED) is 0.845. The number of carbonyl (C=O) groups is 2. The van der Waals surface area contributed by atoms with E-state index in [-0.39, 0.29) is 11.9 Å². The van der Waals surface area contributed by atoms with Gasteiger partial charge in [0.25, 0.3) is 0 Å². The summed E-state index contributed by atoms with van der Waals surface area (Å²) in [7, 11) is 0. The van der Waals surface area contributed by atoms with Crippen molar-refractivity contribution in [2.45, 2.75) is 38.6 Å². The summed E-state index contributed by atoms with van der Waals surface area (Å²) >= 11 is 0. The number of anilines is 1. The molecule has 0 aromatic heterocycles. The minimum absolute atomic E-state index is 0.148. The fraction of sp³-hybridized carbons (Fsp3) is 0.467. The van der Waals surface area contributed by atoms with Crippen molar-refractivity contribution in [3.8, 4) is 0 Å². The summed E-state index contributed by atoms with van der Waals surface area (Å²) in [6, 6.07) is 5.52. The molecule has 1 aliphatic rings. The van der Waals surface area contributed by atoms with Crippen LogP contribution in [0, 0.1) is 5.82 Å². The maximum absolute atomic E-state index is 12.8. The number of carbonyl (C=O) groups excluding carboxylic acids is 2. The highest BCUT2D eigenvalue weighted by atomic mass is 19.1. The molecule has 1 fully saturated rings. The largest absolute Gasteiger partial charge is 0.331 e. The molecular formula is C15H19FN2O2. The van der Waals surface area contributed by atoms with Crippen LogP contribution in [0.1, 0.15) is 32.6 Å². The van der Waals surface area contributed by atoms with E-state index < -0.39 is 11.8 Å². The number of hydrogen-bond acceptors (Lipinski definition) is 2. The molecule has 1 N–H and O–H groups in total. The second kappa shape index (κ2) is 6.50. The highest BCUT2D eigenvalue weighted by Crippen LogP contribution is 2.20. The van der Waals surface area contributed by atoms with Gasteiger partial charge in [-0.05, 0) is 49.9 Å². The molecule has 5 heteroatoms. The van der Waals surface area contributed by atoms with Crippen molar-refractivity contribution >= 4 is 17.5 Å². The SMILES string of the molecule is CCC1CCCCN1C(=O)C(=O)Nc1ccc(F)cc1. The third-order valence-corrected chi connectivity index (χ3v) is 3.66. The van der Waals surface area contributed by atoms with Crippen molar-refractivity contribution in [2.75, 3.05) is 11.9 Å². The molecular weight excluding hydrogens is 259 g/mol. The summed E-state index contributed by atoms with van der Waals surface area (Å²) < 4.78 is 12.8. The van der Waals surface area contributed by atoms with Crippen LogP contribution < -0.4 is 5.32 Å². The first-order valence-electron chi connectivity index (χ1n) is 6.99. The Hall–Kier alpha value is -1.91. The van der Waals surface area contributed by atoms with Crippen LogP contribution in [0.25, 0.3) is 0 Å². The average molecular weight is 278 g/mol. The van der Waals surface area contributed by atoms with E-state index in [0.29, 0.717) is 12.2 Å². The van der Waals surface area contributed by atoms with Gasteiger partial charge in [0, 0.05) is 18.3 Å². The number of hydrogen-bond donors (Lipinski definition) is 1. The van der Waals surface area contributed by atoms with Gasteiger partial charge in [-0.25, -0.2) is 4.39 Å². The molecule has 1 aromatic carbocycles. The Bertz CT molecular complexity index is 487. The van der Waals surface area contributed by atoms with Crippen molar-refractivity contribution in [1.82, 2.24) is 4.90 Å². The average Bonchev–Trinajstić information content (AvgIpc) is 2.48. The van der Waals surface area contributed by atoms with Crippen LogP contribution in [0.2, 0.25) is 0 Å². The second-order valence-electron chi connectivity index (χ2n) is 5.02. The van der Waals surface area contributed by atoms with E-state index >= 15 is 0 Å². The van der Waals surface area contributed by atoms with Gasteiger partial charge in [0.15, 0.2) is 0 Å². The van der Waals surface area contributed by atoms with Gasteiger partial charge in [0.1, 0.15) is 5.82 Å². The number of benzene rings is 1. The van der Waals surface area contributed by atoms with Gasteiger partial charge >= 0.3 is 11.8 Å². The molecule has 0 spiro atoms. The van der Waals surface area contributed by atoms with Gasteiger partial charge in [0.2, 0.25) is 0 Å². The Morgan fingerprint density at radius 1 is 1.30 bits per heavy atom. The zero-order valence-electron chi connectivity index (χ0n) is 11.6. The summed E-state index contributed by atoms with van der Waals surface area (Å²) in [5.74, 6) is -1.53. The Balaban J connectivity index is 2.00. The monoisotopic (exact) mass is 278 g/mol. The molecule has 1 saturated heterocycles. The second-order valence-corrected chi connectivity index (χ2v) is 5.02. The van der Waals surface area contributed by atoms with Gasteiger partial charge in [-0.2, -0.15) is 0 Å². The van der Waals surface area contributed by atoms with Crippen LogP contribution in [0.3, 0.4) is 0 Å². The molecule has 20 heavy (non-hydrogen) atoms. The van der Waals surface area contributed by atoms with Gasteiger partial charge < -0.3 is 10.2 Å². The molecule has 0 saturated carbocycles. The minimum Gasteiger partial charge on any atom is -0.331 e. The number of likely N-dealkylation sites (tertiary alicyclic amines) is 1. The van der Waals surface area contributed by atoms with Crippen molar-refractivity contribution in [3.05, 3.63) is 30.1 Å². The molecule has 1 heterocycles. The van der Waals surface area contributed by atoms with Crippen LogP contribution >= 0.6 is 0 Å². The maximum Gasteiger partial charge on any atom is 0.313 e. The highest BCUT2D eigenvalue weighted by molar-refractivity contribution is 6.39. The number of nitrogens with one attached hydrogen (secondary N) is 1. The fourth-order valence-corrected chi connectivity index (χ4v) is 2.54. The molecule has 0 aliphatic carbocycles. The molecule has 1 atom stereocenters. The lowest BCUT2D eigenvalue weighted by molar-refractivity contribution is -0.145. The molecule has 1 aromatic rings. The standard InChI is InChI=1S/C15H19FN2O2/c1-2-13-5-3-4-10-18(13)15(20)14(19)17-12-8-6-11(16)7-9-12/h6-9,13H,2-5,10H2,1H3,(H,17,19). The third kappa shape index (κ3) is 3.35. The molecule has 108 valence electrons. The summed E-state index contributed by atoms with van der Waals surface area (Å²) in [6.45, 7) is 2.66. The van der Waals surface area contributed by atoms with Crippen LogP contribution in [0.15, 0.2) is 24.3 Å². The number of rotatable bonds is 2. The topological polar surface area (TPSA) is 49.4 Å². The predicted molar refractivity (Wildman–Crippen MR) is 74.7 cm³/mol. The van der Waals surface area contributed by atoms with E-state index in [1.807, 2.05) is 6.92 Å². The molecule has 1 unspecified atom stereocenters. The zero-order valence-corrected chi connectivity index (χ0v) is 11.6. The lowest BCUT2D eigenvalue weighted by Crippen LogP contribution is -2.48. The molecule has 2 amide bonds. The van der Waals surface area contributed by atoms with E-state index in [4.69, 9.17) is 0 Å². The first kappa shape index (κ1) is 14.5. The highest BCUT2D eigenvalue weighted by Gasteiger charge is 2.29. The predicted octanol–water partition coefficient (Wildman–Crippen LogP) is 2.56. The van der Waals surface area contributed by atoms with Crippen molar-refractivity contribution in [3.63, 3.8) is 0 Å². The van der Waals surface area contributed by atoms with Gasteiger partial charge in [-0.1, -0.05) is 6.92 Å². The number of nitrogens with zero attached hydrogens (tertiary/aromatic N) is 1. The lowest BCUT2D eigenvalue weighted by Gasteiger charge is -2.34. The van der Waals surface area contributed by atoms with Gasteiger partial charge in [0.05, 0.1) is 0 Å². The fourth-order valence-electron chi connectivity index (χ4n) is 2.54. The summed E-state index contributed by atoms with van der Waals surface area (Å²) in [4.78, 5) is 25.8. The van der Waals surface area contributed by atoms with Crippen LogP contribution in [0.5, 0.6) is 0 Å². The molecule has 1 aliphatic heterocycles. The van der Waals surface area contributed by atoms with E-state index in [2.05, 4.69) is 5.32 Å². The zero-order chi connectivity index (χ0) is 14.5. The van der Waals surface area contributed by atoms with E-state index in [0.717, 1.165) is 25.7 Å². The lowest BCUT2D eigenvalue weighted by atomic mass is 10.00.